The summed E-state index contributed by atoms with van der Waals surface area (Å²) in [4.78, 5) is 13.1. The van der Waals surface area contributed by atoms with Gasteiger partial charge in [0, 0.05) is 11.1 Å². The van der Waals surface area contributed by atoms with Gasteiger partial charge in [-0.3, -0.25) is 4.79 Å². The van der Waals surface area contributed by atoms with Crippen molar-refractivity contribution in [3.63, 3.8) is 0 Å². The number of benzene rings is 4. The zero-order valence-corrected chi connectivity index (χ0v) is 14.5. The average molecular weight is 338 g/mol. The first-order valence-electron chi connectivity index (χ1n) is 8.53. The molecule has 0 saturated heterocycles. The molecule has 0 bridgehead atoms. The van der Waals surface area contributed by atoms with Crippen molar-refractivity contribution >= 4 is 16.6 Å². The van der Waals surface area contributed by atoms with Gasteiger partial charge in [0.2, 0.25) is 0 Å². The van der Waals surface area contributed by atoms with Crippen LogP contribution in [0.2, 0.25) is 0 Å². The molecule has 0 aliphatic rings. The lowest BCUT2D eigenvalue weighted by Gasteiger charge is -2.11. The minimum Gasteiger partial charge on any atom is -0.497 e. The average Bonchev–Trinajstić information content (AvgIpc) is 2.73. The second kappa shape index (κ2) is 6.85. The number of hydrogen-bond donors (Lipinski definition) is 0. The lowest BCUT2D eigenvalue weighted by atomic mass is 9.92. The number of rotatable bonds is 4. The van der Waals surface area contributed by atoms with Crippen LogP contribution in [0.3, 0.4) is 0 Å². The summed E-state index contributed by atoms with van der Waals surface area (Å²) in [6.45, 7) is 0. The molecule has 2 nitrogen and oxygen atoms in total. The molecule has 0 heterocycles. The molecule has 0 saturated carbocycles. The van der Waals surface area contributed by atoms with Crippen molar-refractivity contribution in [3.8, 4) is 16.9 Å². The van der Waals surface area contributed by atoms with Crippen molar-refractivity contribution in [3.05, 3.63) is 102 Å². The van der Waals surface area contributed by atoms with Gasteiger partial charge in [-0.05, 0) is 46.2 Å². The number of fused-ring (bicyclic) bond motifs is 1. The molecular formula is C24H18O2. The highest BCUT2D eigenvalue weighted by molar-refractivity contribution is 6.17. The molecule has 0 aliphatic carbocycles. The van der Waals surface area contributed by atoms with Gasteiger partial charge in [-0.15, -0.1) is 0 Å². The monoisotopic (exact) mass is 338 g/mol. The molecule has 2 heteroatoms. The van der Waals surface area contributed by atoms with E-state index < -0.39 is 0 Å². The molecule has 26 heavy (non-hydrogen) atoms. The van der Waals surface area contributed by atoms with Crippen molar-refractivity contribution < 1.29 is 9.53 Å². The number of ketones is 1. The third-order valence-electron chi connectivity index (χ3n) is 4.55. The second-order valence-electron chi connectivity index (χ2n) is 6.17. The van der Waals surface area contributed by atoms with Crippen LogP contribution in [0.5, 0.6) is 5.75 Å². The third kappa shape index (κ3) is 2.98. The maximum atomic E-state index is 13.1. The van der Waals surface area contributed by atoms with Crippen LogP contribution < -0.4 is 4.74 Å². The molecular weight excluding hydrogens is 320 g/mol. The molecule has 4 rings (SSSR count). The highest BCUT2D eigenvalue weighted by Crippen LogP contribution is 2.31. The van der Waals surface area contributed by atoms with Crippen molar-refractivity contribution in [1.82, 2.24) is 0 Å². The van der Waals surface area contributed by atoms with E-state index in [1.54, 1.807) is 7.11 Å². The van der Waals surface area contributed by atoms with Gasteiger partial charge in [-0.2, -0.15) is 0 Å². The van der Waals surface area contributed by atoms with E-state index in [4.69, 9.17) is 4.74 Å². The second-order valence-corrected chi connectivity index (χ2v) is 6.17. The summed E-state index contributed by atoms with van der Waals surface area (Å²) in [5.41, 5.74) is 3.44. The van der Waals surface area contributed by atoms with Crippen LogP contribution in [-0.4, -0.2) is 12.9 Å². The summed E-state index contributed by atoms with van der Waals surface area (Å²) >= 11 is 0. The number of hydrogen-bond acceptors (Lipinski definition) is 2. The molecule has 0 amide bonds. The molecule has 126 valence electrons. The molecule has 0 radical (unpaired) electrons. The molecule has 0 unspecified atom stereocenters. The Morgan fingerprint density at radius 3 is 2.31 bits per heavy atom. The Kier molecular flexibility index (Phi) is 4.24. The highest BCUT2D eigenvalue weighted by Gasteiger charge is 2.14. The minimum absolute atomic E-state index is 0.0338. The first-order chi connectivity index (χ1) is 12.8. The van der Waals surface area contributed by atoms with Crippen LogP contribution in [-0.2, 0) is 0 Å². The van der Waals surface area contributed by atoms with Crippen molar-refractivity contribution in [2.45, 2.75) is 0 Å². The van der Waals surface area contributed by atoms with Crippen LogP contribution in [0.15, 0.2) is 91.0 Å². The quantitative estimate of drug-likeness (QED) is 0.443. The van der Waals surface area contributed by atoms with E-state index in [1.807, 2.05) is 84.9 Å². The Labute approximate surface area is 152 Å². The fourth-order valence-electron chi connectivity index (χ4n) is 3.21. The van der Waals surface area contributed by atoms with Crippen molar-refractivity contribution in [1.29, 1.82) is 0 Å². The predicted octanol–water partition coefficient (Wildman–Crippen LogP) is 5.75. The molecule has 0 atom stereocenters. The lowest BCUT2D eigenvalue weighted by Crippen LogP contribution is -2.02. The summed E-state index contributed by atoms with van der Waals surface area (Å²) in [6.07, 6.45) is 0. The Morgan fingerprint density at radius 1 is 0.731 bits per heavy atom. The highest BCUT2D eigenvalue weighted by atomic mass is 16.5. The SMILES string of the molecule is COc1cccc(-c2cc(C(=O)c3ccccc3)c3ccccc3c2)c1. The van der Waals surface area contributed by atoms with E-state index in [2.05, 4.69) is 6.07 Å². The van der Waals surface area contributed by atoms with Crippen LogP contribution in [0, 0.1) is 0 Å². The zero-order chi connectivity index (χ0) is 17.9. The summed E-state index contributed by atoms with van der Waals surface area (Å²) in [6, 6.07) is 29.4. The number of carbonyl (C=O) groups excluding carboxylic acids is 1. The maximum absolute atomic E-state index is 13.1. The number of carbonyl (C=O) groups is 1. The van der Waals surface area contributed by atoms with E-state index in [-0.39, 0.29) is 5.78 Å². The van der Waals surface area contributed by atoms with Crippen LogP contribution >= 0.6 is 0 Å². The van der Waals surface area contributed by atoms with Crippen molar-refractivity contribution in [2.24, 2.45) is 0 Å². The molecule has 0 fully saturated rings. The van der Waals surface area contributed by atoms with Gasteiger partial charge in [0.05, 0.1) is 7.11 Å². The fraction of sp³-hybridized carbons (Fsp3) is 0.0417. The van der Waals surface area contributed by atoms with Crippen LogP contribution in [0.1, 0.15) is 15.9 Å². The molecule has 0 aromatic heterocycles. The smallest absolute Gasteiger partial charge is 0.193 e. The topological polar surface area (TPSA) is 26.3 Å². The minimum atomic E-state index is 0.0338. The van der Waals surface area contributed by atoms with E-state index >= 15 is 0 Å². The van der Waals surface area contributed by atoms with Gasteiger partial charge in [0.25, 0.3) is 0 Å². The summed E-state index contributed by atoms with van der Waals surface area (Å²) < 4.78 is 5.34. The number of ether oxygens (including phenoxy) is 1. The van der Waals surface area contributed by atoms with E-state index in [1.165, 1.54) is 0 Å². The molecule has 4 aromatic rings. The molecule has 0 aliphatic heterocycles. The predicted molar refractivity (Wildman–Crippen MR) is 106 cm³/mol. The van der Waals surface area contributed by atoms with E-state index in [0.717, 1.165) is 27.6 Å². The Bertz CT molecular complexity index is 1080. The van der Waals surface area contributed by atoms with Crippen LogP contribution in [0.4, 0.5) is 0 Å². The summed E-state index contributed by atoms with van der Waals surface area (Å²) in [5, 5.41) is 2.01. The first kappa shape index (κ1) is 16.1. The summed E-state index contributed by atoms with van der Waals surface area (Å²) in [5.74, 6) is 0.832. The Hall–Kier alpha value is -3.39. The Balaban J connectivity index is 1.93. The Morgan fingerprint density at radius 2 is 1.50 bits per heavy atom. The van der Waals surface area contributed by atoms with Crippen molar-refractivity contribution in [2.75, 3.05) is 7.11 Å². The zero-order valence-electron chi connectivity index (χ0n) is 14.5. The van der Waals surface area contributed by atoms with Gasteiger partial charge >= 0.3 is 0 Å². The molecule has 0 N–H and O–H groups in total. The third-order valence-corrected chi connectivity index (χ3v) is 4.55. The maximum Gasteiger partial charge on any atom is 0.193 e. The van der Waals surface area contributed by atoms with Gasteiger partial charge in [0.15, 0.2) is 5.78 Å². The standard InChI is InChI=1S/C24H18O2/c1-26-21-12-7-11-18(15-21)20-14-19-10-5-6-13-22(19)23(16-20)24(25)17-8-3-2-4-9-17/h2-16H,1H3. The van der Waals surface area contributed by atoms with Gasteiger partial charge in [-0.1, -0.05) is 66.7 Å². The first-order valence-corrected chi connectivity index (χ1v) is 8.53. The molecule has 4 aromatic carbocycles. The molecule has 0 spiro atoms. The van der Waals surface area contributed by atoms with Gasteiger partial charge in [0.1, 0.15) is 5.75 Å². The lowest BCUT2D eigenvalue weighted by molar-refractivity contribution is 0.104. The van der Waals surface area contributed by atoms with E-state index in [0.29, 0.717) is 11.1 Å². The van der Waals surface area contributed by atoms with Crippen LogP contribution in [0.25, 0.3) is 21.9 Å². The fourth-order valence-corrected chi connectivity index (χ4v) is 3.21. The summed E-state index contributed by atoms with van der Waals surface area (Å²) in [7, 11) is 1.66. The normalized spacial score (nSPS) is 10.7. The van der Waals surface area contributed by atoms with E-state index in [9.17, 15) is 4.79 Å². The largest absolute Gasteiger partial charge is 0.497 e. The van der Waals surface area contributed by atoms with Gasteiger partial charge in [-0.25, -0.2) is 0 Å². The number of methoxy groups -OCH3 is 1. The van der Waals surface area contributed by atoms with Gasteiger partial charge < -0.3 is 4.74 Å².